The maximum absolute atomic E-state index is 11.0. The molecule has 0 saturated carbocycles. The van der Waals surface area contributed by atoms with E-state index < -0.39 is 5.97 Å². The van der Waals surface area contributed by atoms with Crippen molar-refractivity contribution in [1.82, 2.24) is 14.7 Å². The Morgan fingerprint density at radius 1 is 1.50 bits per heavy atom. The molecule has 18 heavy (non-hydrogen) atoms. The molecule has 0 atom stereocenters. The van der Waals surface area contributed by atoms with Crippen molar-refractivity contribution in [2.45, 2.75) is 19.6 Å². The molecule has 1 aromatic rings. The van der Waals surface area contributed by atoms with Crippen LogP contribution >= 0.6 is 11.8 Å². The zero-order chi connectivity index (χ0) is 13.5. The van der Waals surface area contributed by atoms with Crippen LogP contribution < -0.4 is 0 Å². The first-order valence-corrected chi connectivity index (χ1v) is 7.29. The second kappa shape index (κ2) is 7.43. The van der Waals surface area contributed by atoms with Crippen LogP contribution in [0.5, 0.6) is 0 Å². The third-order valence-electron chi connectivity index (χ3n) is 2.98. The van der Waals surface area contributed by atoms with Crippen LogP contribution in [-0.4, -0.2) is 51.1 Å². The molecule has 0 fully saturated rings. The molecule has 1 N–H and O–H groups in total. The van der Waals surface area contributed by atoms with Crippen LogP contribution in [0.4, 0.5) is 0 Å². The van der Waals surface area contributed by atoms with E-state index in [2.05, 4.69) is 23.8 Å². The van der Waals surface area contributed by atoms with Crippen LogP contribution in [0.1, 0.15) is 29.9 Å². The summed E-state index contributed by atoms with van der Waals surface area (Å²) in [6, 6.07) is 0. The lowest BCUT2D eigenvalue weighted by atomic mass is 10.3. The average molecular weight is 271 g/mol. The minimum atomic E-state index is -0.901. The fraction of sp³-hybridized carbons (Fsp3) is 0.667. The number of hydrogen-bond donors (Lipinski definition) is 1. The Labute approximate surface area is 112 Å². The molecule has 0 aromatic carbocycles. The van der Waals surface area contributed by atoms with Crippen molar-refractivity contribution < 1.29 is 9.90 Å². The summed E-state index contributed by atoms with van der Waals surface area (Å²) in [4.78, 5) is 13.4. The number of carboxylic acid groups (broad SMARTS) is 1. The minimum absolute atomic E-state index is 0.313. The number of carbonyl (C=O) groups is 1. The predicted molar refractivity (Wildman–Crippen MR) is 74.1 cm³/mol. The fourth-order valence-corrected chi connectivity index (χ4v) is 2.78. The van der Waals surface area contributed by atoms with E-state index in [-0.39, 0.29) is 0 Å². The molecule has 0 bridgehead atoms. The van der Waals surface area contributed by atoms with E-state index in [0.717, 1.165) is 31.1 Å². The lowest BCUT2D eigenvalue weighted by Crippen LogP contribution is -2.25. The first-order valence-electron chi connectivity index (χ1n) is 6.14. The number of aromatic carboxylic acids is 1. The maximum atomic E-state index is 11.0. The highest BCUT2D eigenvalue weighted by Gasteiger charge is 2.14. The second-order valence-corrected chi connectivity index (χ2v) is 5.12. The fourth-order valence-electron chi connectivity index (χ4n) is 1.72. The zero-order valence-electron chi connectivity index (χ0n) is 11.2. The molecule has 1 heterocycles. The summed E-state index contributed by atoms with van der Waals surface area (Å²) in [5, 5.41) is 13.0. The average Bonchev–Trinajstić information content (AvgIpc) is 2.71. The molecule has 102 valence electrons. The third kappa shape index (κ3) is 4.03. The summed E-state index contributed by atoms with van der Waals surface area (Å²) in [6.45, 7) is 7.46. The molecule has 6 heteroatoms. The summed E-state index contributed by atoms with van der Waals surface area (Å²) in [5.41, 5.74) is 1.10. The summed E-state index contributed by atoms with van der Waals surface area (Å²) < 4.78 is 1.65. The van der Waals surface area contributed by atoms with Gasteiger partial charge >= 0.3 is 5.97 Å². The normalized spacial score (nSPS) is 11.1. The van der Waals surface area contributed by atoms with Gasteiger partial charge in [-0.25, -0.2) is 4.79 Å². The SMILES string of the molecule is CCN(CC)CCSCc1c(C(=O)O)cnn1C. The van der Waals surface area contributed by atoms with Crippen molar-refractivity contribution >= 4 is 17.7 Å². The van der Waals surface area contributed by atoms with E-state index in [9.17, 15) is 4.79 Å². The highest BCUT2D eigenvalue weighted by Crippen LogP contribution is 2.16. The van der Waals surface area contributed by atoms with Crippen LogP contribution in [0, 0.1) is 0 Å². The smallest absolute Gasteiger partial charge is 0.339 e. The van der Waals surface area contributed by atoms with Crippen molar-refractivity contribution in [2.24, 2.45) is 7.05 Å². The molecule has 0 aliphatic rings. The molecule has 0 amide bonds. The number of thioether (sulfide) groups is 1. The Bertz CT molecular complexity index is 389. The van der Waals surface area contributed by atoms with Crippen molar-refractivity contribution in [1.29, 1.82) is 0 Å². The summed E-state index contributed by atoms with van der Waals surface area (Å²) in [5.74, 6) is 0.799. The Balaban J connectivity index is 2.44. The van der Waals surface area contributed by atoms with Gasteiger partial charge in [-0.3, -0.25) is 4.68 Å². The van der Waals surface area contributed by atoms with Gasteiger partial charge in [0.2, 0.25) is 0 Å². The van der Waals surface area contributed by atoms with Crippen LogP contribution in [0.15, 0.2) is 6.20 Å². The first kappa shape index (κ1) is 15.0. The highest BCUT2D eigenvalue weighted by atomic mass is 32.2. The van der Waals surface area contributed by atoms with Gasteiger partial charge in [0, 0.05) is 25.1 Å². The molecule has 0 radical (unpaired) electrons. The molecule has 5 nitrogen and oxygen atoms in total. The minimum Gasteiger partial charge on any atom is -0.478 e. The van der Waals surface area contributed by atoms with Gasteiger partial charge < -0.3 is 10.0 Å². The van der Waals surface area contributed by atoms with E-state index >= 15 is 0 Å². The van der Waals surface area contributed by atoms with Gasteiger partial charge in [-0.15, -0.1) is 0 Å². The lowest BCUT2D eigenvalue weighted by Gasteiger charge is -2.17. The number of nitrogens with zero attached hydrogens (tertiary/aromatic N) is 3. The monoisotopic (exact) mass is 271 g/mol. The molecule has 1 aromatic heterocycles. The molecule has 0 aliphatic carbocycles. The third-order valence-corrected chi connectivity index (χ3v) is 3.93. The summed E-state index contributed by atoms with van der Waals surface area (Å²) >= 11 is 1.75. The van der Waals surface area contributed by atoms with Crippen molar-refractivity contribution in [2.75, 3.05) is 25.4 Å². The van der Waals surface area contributed by atoms with Crippen molar-refractivity contribution in [3.05, 3.63) is 17.5 Å². The van der Waals surface area contributed by atoms with Crippen molar-refractivity contribution in [3.63, 3.8) is 0 Å². The topological polar surface area (TPSA) is 58.4 Å². The molecule has 1 rings (SSSR count). The number of aromatic nitrogens is 2. The van der Waals surface area contributed by atoms with Gasteiger partial charge in [-0.05, 0) is 13.1 Å². The maximum Gasteiger partial charge on any atom is 0.339 e. The van der Waals surface area contributed by atoms with Gasteiger partial charge in [0.15, 0.2) is 0 Å². The molecule has 0 saturated heterocycles. The van der Waals surface area contributed by atoms with Gasteiger partial charge in [-0.1, -0.05) is 13.8 Å². The molecule has 0 aliphatic heterocycles. The van der Waals surface area contributed by atoms with Gasteiger partial charge in [-0.2, -0.15) is 16.9 Å². The lowest BCUT2D eigenvalue weighted by molar-refractivity contribution is 0.0696. The Morgan fingerprint density at radius 2 is 2.17 bits per heavy atom. The van der Waals surface area contributed by atoms with Gasteiger partial charge in [0.25, 0.3) is 0 Å². The highest BCUT2D eigenvalue weighted by molar-refractivity contribution is 7.98. The van der Waals surface area contributed by atoms with Crippen LogP contribution in [0.2, 0.25) is 0 Å². The predicted octanol–water partition coefficient (Wildman–Crippen LogP) is 1.69. The summed E-state index contributed by atoms with van der Waals surface area (Å²) in [6.07, 6.45) is 1.42. The number of hydrogen-bond acceptors (Lipinski definition) is 4. The summed E-state index contributed by atoms with van der Waals surface area (Å²) in [7, 11) is 1.78. The van der Waals surface area contributed by atoms with E-state index in [1.54, 1.807) is 23.5 Å². The second-order valence-electron chi connectivity index (χ2n) is 4.01. The molecule has 0 unspecified atom stereocenters. The van der Waals surface area contributed by atoms with Crippen LogP contribution in [0.3, 0.4) is 0 Å². The molecule has 0 spiro atoms. The molecular weight excluding hydrogens is 250 g/mol. The van der Waals surface area contributed by atoms with E-state index in [1.165, 1.54) is 6.20 Å². The number of carboxylic acids is 1. The number of rotatable bonds is 8. The van der Waals surface area contributed by atoms with E-state index in [4.69, 9.17) is 5.11 Å². The van der Waals surface area contributed by atoms with Gasteiger partial charge in [0.1, 0.15) is 5.56 Å². The van der Waals surface area contributed by atoms with Gasteiger partial charge in [0.05, 0.1) is 11.9 Å². The van der Waals surface area contributed by atoms with E-state index in [1.807, 2.05) is 0 Å². The van der Waals surface area contributed by atoms with Crippen LogP contribution in [-0.2, 0) is 12.8 Å². The van der Waals surface area contributed by atoms with Crippen LogP contribution in [0.25, 0.3) is 0 Å². The standard InChI is InChI=1S/C12H21N3O2S/c1-4-15(5-2)6-7-18-9-11-10(12(16)17)8-13-14(11)3/h8H,4-7,9H2,1-3H3,(H,16,17). The first-order chi connectivity index (χ1) is 8.60. The largest absolute Gasteiger partial charge is 0.478 e. The Kier molecular flexibility index (Phi) is 6.21. The van der Waals surface area contributed by atoms with Crippen molar-refractivity contribution in [3.8, 4) is 0 Å². The zero-order valence-corrected chi connectivity index (χ0v) is 12.0. The van der Waals surface area contributed by atoms with E-state index in [0.29, 0.717) is 11.3 Å². The number of aryl methyl sites for hydroxylation is 1. The Hall–Kier alpha value is -1.01. The Morgan fingerprint density at radius 3 is 2.72 bits per heavy atom. The quantitative estimate of drug-likeness (QED) is 0.729. The molecular formula is C12H21N3O2S.